The molecule has 1 heterocycles. The average Bonchev–Trinajstić information content (AvgIpc) is 2.37. The molecule has 3 N–H and O–H groups in total. The number of hydrogen-bond donors (Lipinski definition) is 2. The quantitative estimate of drug-likeness (QED) is 0.646. The number of hydrogen-bond acceptors (Lipinski definition) is 2. The number of ether oxygens (including phenoxy) is 1. The molecule has 4 nitrogen and oxygen atoms in total. The van der Waals surface area contributed by atoms with Gasteiger partial charge in [-0.05, 0) is 24.8 Å². The van der Waals surface area contributed by atoms with E-state index in [4.69, 9.17) is 10.5 Å². The number of nitrogens with two attached hydrogens (primary N) is 1. The van der Waals surface area contributed by atoms with Crippen LogP contribution in [0.5, 0.6) is 5.75 Å². The predicted octanol–water partition coefficient (Wildman–Crippen LogP) is 2.21. The number of para-hydroxylation sites is 1. The minimum atomic E-state index is 0.218. The highest BCUT2D eigenvalue weighted by Crippen LogP contribution is 2.31. The van der Waals surface area contributed by atoms with Gasteiger partial charge in [0, 0.05) is 18.5 Å². The van der Waals surface area contributed by atoms with Crippen molar-refractivity contribution in [2.75, 3.05) is 13.2 Å². The van der Waals surface area contributed by atoms with Crippen LogP contribution in [-0.4, -0.2) is 19.1 Å². The molecular weight excluding hydrogens is 238 g/mol. The zero-order valence-corrected chi connectivity index (χ0v) is 11.1. The summed E-state index contributed by atoms with van der Waals surface area (Å²) in [5.41, 5.74) is 7.16. The van der Waals surface area contributed by atoms with Crippen molar-refractivity contribution in [3.8, 4) is 5.75 Å². The van der Waals surface area contributed by atoms with Gasteiger partial charge in [0.05, 0.1) is 12.6 Å². The first-order valence-corrected chi connectivity index (χ1v) is 7.11. The maximum Gasteiger partial charge on any atom is 0.189 e. The van der Waals surface area contributed by atoms with E-state index in [1.165, 1.54) is 24.8 Å². The molecule has 0 saturated heterocycles. The highest BCUT2D eigenvalue weighted by Gasteiger charge is 2.21. The van der Waals surface area contributed by atoms with Crippen molar-refractivity contribution < 1.29 is 4.74 Å². The molecule has 1 saturated carbocycles. The van der Waals surface area contributed by atoms with Crippen molar-refractivity contribution >= 4 is 5.96 Å². The van der Waals surface area contributed by atoms with E-state index in [2.05, 4.69) is 16.4 Å². The Hall–Kier alpha value is -1.71. The van der Waals surface area contributed by atoms with E-state index in [-0.39, 0.29) is 6.04 Å². The standard InChI is InChI=1S/C15H21N3O/c16-15(17-10-11-4-3-5-11)18-13-8-9-19-14-7-2-1-6-12(13)14/h1-2,6-7,11,13H,3-5,8-10H2,(H3,16,17,18). The molecule has 1 aliphatic carbocycles. The second kappa shape index (κ2) is 5.51. The molecule has 4 heteroatoms. The number of guanidine groups is 1. The van der Waals surface area contributed by atoms with Gasteiger partial charge in [0.25, 0.3) is 0 Å². The Bertz CT molecular complexity index is 468. The van der Waals surface area contributed by atoms with Gasteiger partial charge in [0.15, 0.2) is 5.96 Å². The fourth-order valence-corrected chi connectivity index (χ4v) is 2.62. The first-order valence-electron chi connectivity index (χ1n) is 7.11. The topological polar surface area (TPSA) is 59.6 Å². The first-order chi connectivity index (χ1) is 9.33. The smallest absolute Gasteiger partial charge is 0.189 e. The second-order valence-electron chi connectivity index (χ2n) is 5.39. The minimum absolute atomic E-state index is 0.218. The summed E-state index contributed by atoms with van der Waals surface area (Å²) >= 11 is 0. The van der Waals surface area contributed by atoms with Gasteiger partial charge in [-0.25, -0.2) is 0 Å². The fraction of sp³-hybridized carbons (Fsp3) is 0.533. The molecule has 0 amide bonds. The van der Waals surface area contributed by atoms with E-state index >= 15 is 0 Å². The summed E-state index contributed by atoms with van der Waals surface area (Å²) in [7, 11) is 0. The number of aliphatic imine (C=N–C) groups is 1. The SMILES string of the molecule is NC(=NCC1CCC1)NC1CCOc2ccccc21. The molecule has 3 rings (SSSR count). The van der Waals surface area contributed by atoms with Gasteiger partial charge in [-0.3, -0.25) is 4.99 Å². The molecule has 1 fully saturated rings. The van der Waals surface area contributed by atoms with Gasteiger partial charge in [0.1, 0.15) is 5.75 Å². The van der Waals surface area contributed by atoms with Crippen molar-refractivity contribution in [1.29, 1.82) is 0 Å². The lowest BCUT2D eigenvalue weighted by atomic mass is 9.86. The molecule has 0 spiro atoms. The van der Waals surface area contributed by atoms with Crippen LogP contribution in [-0.2, 0) is 0 Å². The zero-order chi connectivity index (χ0) is 13.1. The van der Waals surface area contributed by atoms with Crippen molar-refractivity contribution in [3.63, 3.8) is 0 Å². The summed E-state index contributed by atoms with van der Waals surface area (Å²) in [5, 5.41) is 3.33. The molecule has 1 aromatic carbocycles. The first kappa shape index (κ1) is 12.3. The molecule has 0 radical (unpaired) electrons. The van der Waals surface area contributed by atoms with Crippen LogP contribution in [0, 0.1) is 5.92 Å². The molecule has 1 aromatic rings. The highest BCUT2D eigenvalue weighted by molar-refractivity contribution is 5.78. The van der Waals surface area contributed by atoms with E-state index in [1.807, 2.05) is 18.2 Å². The Morgan fingerprint density at radius 2 is 2.16 bits per heavy atom. The molecule has 1 atom stereocenters. The lowest BCUT2D eigenvalue weighted by molar-refractivity contribution is 0.262. The van der Waals surface area contributed by atoms with Crippen LogP contribution >= 0.6 is 0 Å². The van der Waals surface area contributed by atoms with Crippen LogP contribution < -0.4 is 15.8 Å². The number of nitrogens with zero attached hydrogens (tertiary/aromatic N) is 1. The van der Waals surface area contributed by atoms with E-state index in [0.29, 0.717) is 5.96 Å². The normalized spacial score (nSPS) is 23.2. The Balaban J connectivity index is 1.63. The van der Waals surface area contributed by atoms with Crippen LogP contribution in [0.4, 0.5) is 0 Å². The molecule has 0 aromatic heterocycles. The Labute approximate surface area is 114 Å². The van der Waals surface area contributed by atoms with Crippen molar-refractivity contribution in [2.45, 2.75) is 31.7 Å². The van der Waals surface area contributed by atoms with Gasteiger partial charge < -0.3 is 15.8 Å². The van der Waals surface area contributed by atoms with Crippen molar-refractivity contribution in [3.05, 3.63) is 29.8 Å². The Morgan fingerprint density at radius 1 is 1.32 bits per heavy atom. The monoisotopic (exact) mass is 259 g/mol. The summed E-state index contributed by atoms with van der Waals surface area (Å²) in [5.74, 6) is 2.27. The van der Waals surface area contributed by atoms with E-state index in [0.717, 1.165) is 31.2 Å². The molecule has 19 heavy (non-hydrogen) atoms. The fourth-order valence-electron chi connectivity index (χ4n) is 2.62. The zero-order valence-electron chi connectivity index (χ0n) is 11.1. The van der Waals surface area contributed by atoms with E-state index in [1.54, 1.807) is 0 Å². The Kier molecular flexibility index (Phi) is 3.58. The highest BCUT2D eigenvalue weighted by atomic mass is 16.5. The molecule has 2 aliphatic rings. The van der Waals surface area contributed by atoms with E-state index < -0.39 is 0 Å². The molecular formula is C15H21N3O. The molecule has 0 bridgehead atoms. The third-order valence-corrected chi connectivity index (χ3v) is 4.03. The van der Waals surface area contributed by atoms with Gasteiger partial charge in [-0.1, -0.05) is 24.6 Å². The number of fused-ring (bicyclic) bond motifs is 1. The van der Waals surface area contributed by atoms with Crippen LogP contribution in [0.2, 0.25) is 0 Å². The second-order valence-corrected chi connectivity index (χ2v) is 5.39. The van der Waals surface area contributed by atoms with Crippen molar-refractivity contribution in [2.24, 2.45) is 16.6 Å². The average molecular weight is 259 g/mol. The summed E-state index contributed by atoms with van der Waals surface area (Å²) in [4.78, 5) is 4.46. The van der Waals surface area contributed by atoms with Crippen LogP contribution in [0.1, 0.15) is 37.3 Å². The lowest BCUT2D eigenvalue weighted by Crippen LogP contribution is -2.37. The Morgan fingerprint density at radius 3 is 2.95 bits per heavy atom. The van der Waals surface area contributed by atoms with Crippen LogP contribution in [0.3, 0.4) is 0 Å². The van der Waals surface area contributed by atoms with Gasteiger partial charge in [0.2, 0.25) is 0 Å². The van der Waals surface area contributed by atoms with E-state index in [9.17, 15) is 0 Å². The summed E-state index contributed by atoms with van der Waals surface area (Å²) in [6.07, 6.45) is 4.88. The van der Waals surface area contributed by atoms with Crippen molar-refractivity contribution in [1.82, 2.24) is 5.32 Å². The summed E-state index contributed by atoms with van der Waals surface area (Å²) in [6.45, 7) is 1.59. The minimum Gasteiger partial charge on any atom is -0.493 e. The van der Waals surface area contributed by atoms with Crippen LogP contribution in [0.25, 0.3) is 0 Å². The van der Waals surface area contributed by atoms with Crippen LogP contribution in [0.15, 0.2) is 29.3 Å². The maximum atomic E-state index is 5.99. The maximum absolute atomic E-state index is 5.99. The number of rotatable bonds is 3. The lowest BCUT2D eigenvalue weighted by Gasteiger charge is -2.27. The summed E-state index contributed by atoms with van der Waals surface area (Å²) < 4.78 is 5.64. The summed E-state index contributed by atoms with van der Waals surface area (Å²) in [6, 6.07) is 8.34. The molecule has 1 unspecified atom stereocenters. The van der Waals surface area contributed by atoms with Gasteiger partial charge in [-0.15, -0.1) is 0 Å². The molecule has 102 valence electrons. The predicted molar refractivity (Wildman–Crippen MR) is 76.3 cm³/mol. The third-order valence-electron chi connectivity index (χ3n) is 4.03. The third kappa shape index (κ3) is 2.83. The number of nitrogens with one attached hydrogen (secondary N) is 1. The number of benzene rings is 1. The van der Waals surface area contributed by atoms with Gasteiger partial charge >= 0.3 is 0 Å². The largest absolute Gasteiger partial charge is 0.493 e. The molecule has 1 aliphatic heterocycles. The van der Waals surface area contributed by atoms with Gasteiger partial charge in [-0.2, -0.15) is 0 Å².